The van der Waals surface area contributed by atoms with E-state index in [4.69, 9.17) is 10.7 Å². The van der Waals surface area contributed by atoms with Crippen LogP contribution >= 0.6 is 0 Å². The topological polar surface area (TPSA) is 38.9 Å². The number of aromatic nitrogens is 1. The minimum atomic E-state index is 0.206. The van der Waals surface area contributed by atoms with Gasteiger partial charge in [-0.2, -0.15) is 0 Å². The molecular formula is C16H22N2. The number of pyridine rings is 1. The van der Waals surface area contributed by atoms with Gasteiger partial charge in [-0.1, -0.05) is 32.0 Å². The third-order valence-electron chi connectivity index (χ3n) is 3.25. The third kappa shape index (κ3) is 3.08. The van der Waals surface area contributed by atoms with Crippen molar-refractivity contribution in [2.24, 2.45) is 11.7 Å². The van der Waals surface area contributed by atoms with Crippen molar-refractivity contribution in [3.63, 3.8) is 0 Å². The van der Waals surface area contributed by atoms with Gasteiger partial charge < -0.3 is 5.73 Å². The van der Waals surface area contributed by atoms with E-state index in [-0.39, 0.29) is 6.04 Å². The zero-order valence-corrected chi connectivity index (χ0v) is 11.5. The third-order valence-corrected chi connectivity index (χ3v) is 3.25. The van der Waals surface area contributed by atoms with Gasteiger partial charge in [-0.25, -0.2) is 0 Å². The van der Waals surface area contributed by atoms with Crippen LogP contribution < -0.4 is 5.73 Å². The van der Waals surface area contributed by atoms with E-state index in [0.29, 0.717) is 5.92 Å². The number of hydrogen-bond acceptors (Lipinski definition) is 2. The maximum atomic E-state index is 6.18. The van der Waals surface area contributed by atoms with Crippen molar-refractivity contribution in [1.82, 2.24) is 4.98 Å². The molecule has 2 N–H and O–H groups in total. The summed E-state index contributed by atoms with van der Waals surface area (Å²) in [6, 6.07) is 10.7. The molecule has 0 amide bonds. The molecule has 18 heavy (non-hydrogen) atoms. The number of fused-ring (bicyclic) bond motifs is 1. The Balaban J connectivity index is 2.25. The fraction of sp³-hybridized carbons (Fsp3) is 0.438. The number of aryl methyl sites for hydroxylation is 1. The molecule has 0 radical (unpaired) electrons. The molecule has 0 bridgehead atoms. The second-order valence-corrected chi connectivity index (χ2v) is 5.54. The number of nitrogens with two attached hydrogens (primary N) is 1. The molecule has 1 unspecified atom stereocenters. The smallest absolute Gasteiger partial charge is 0.0705 e. The highest BCUT2D eigenvalue weighted by molar-refractivity contribution is 5.79. The predicted molar refractivity (Wildman–Crippen MR) is 77.6 cm³/mol. The summed E-state index contributed by atoms with van der Waals surface area (Å²) in [6.07, 6.45) is 1.92. The Morgan fingerprint density at radius 3 is 2.67 bits per heavy atom. The Hall–Kier alpha value is -1.41. The van der Waals surface area contributed by atoms with E-state index in [0.717, 1.165) is 24.1 Å². The van der Waals surface area contributed by atoms with Crippen molar-refractivity contribution in [3.05, 3.63) is 41.6 Å². The van der Waals surface area contributed by atoms with Crippen LogP contribution in [-0.2, 0) is 6.42 Å². The van der Waals surface area contributed by atoms with E-state index in [1.54, 1.807) is 0 Å². The van der Waals surface area contributed by atoms with E-state index >= 15 is 0 Å². The molecule has 2 aromatic rings. The van der Waals surface area contributed by atoms with E-state index in [1.165, 1.54) is 10.9 Å². The van der Waals surface area contributed by atoms with Gasteiger partial charge in [0.25, 0.3) is 0 Å². The molecule has 0 saturated heterocycles. The summed E-state index contributed by atoms with van der Waals surface area (Å²) in [7, 11) is 0. The number of nitrogens with zero attached hydrogens (tertiary/aromatic N) is 1. The van der Waals surface area contributed by atoms with Crippen LogP contribution in [0.15, 0.2) is 30.3 Å². The van der Waals surface area contributed by atoms with Crippen LogP contribution in [0, 0.1) is 12.8 Å². The highest BCUT2D eigenvalue weighted by Crippen LogP contribution is 2.18. The van der Waals surface area contributed by atoms with Crippen LogP contribution in [0.3, 0.4) is 0 Å². The van der Waals surface area contributed by atoms with Crippen LogP contribution in [0.25, 0.3) is 10.9 Å². The normalized spacial score (nSPS) is 13.2. The first-order valence-corrected chi connectivity index (χ1v) is 6.67. The molecule has 0 fully saturated rings. The van der Waals surface area contributed by atoms with Gasteiger partial charge in [-0.05, 0) is 37.0 Å². The van der Waals surface area contributed by atoms with Crippen LogP contribution in [0.5, 0.6) is 0 Å². The average Bonchev–Trinajstić information content (AvgIpc) is 2.29. The second-order valence-electron chi connectivity index (χ2n) is 5.54. The van der Waals surface area contributed by atoms with Gasteiger partial charge in [-0.3, -0.25) is 4.98 Å². The molecule has 2 rings (SSSR count). The summed E-state index contributed by atoms with van der Waals surface area (Å²) in [5, 5.41) is 1.20. The summed E-state index contributed by atoms with van der Waals surface area (Å²) in [5.41, 5.74) is 9.63. The fourth-order valence-electron chi connectivity index (χ4n) is 2.41. The lowest BCUT2D eigenvalue weighted by atomic mass is 9.98. The monoisotopic (exact) mass is 242 g/mol. The molecule has 96 valence electrons. The first-order chi connectivity index (χ1) is 8.56. The molecule has 0 aliphatic rings. The molecule has 1 atom stereocenters. The van der Waals surface area contributed by atoms with Crippen molar-refractivity contribution in [2.75, 3.05) is 0 Å². The molecule has 1 heterocycles. The molecular weight excluding hydrogens is 220 g/mol. The number of benzene rings is 1. The molecule has 1 aromatic carbocycles. The van der Waals surface area contributed by atoms with E-state index in [2.05, 4.69) is 39.0 Å². The number of rotatable bonds is 4. The van der Waals surface area contributed by atoms with Gasteiger partial charge >= 0.3 is 0 Å². The first kappa shape index (κ1) is 13.0. The van der Waals surface area contributed by atoms with Crippen molar-refractivity contribution >= 4 is 10.9 Å². The molecule has 1 aromatic heterocycles. The van der Waals surface area contributed by atoms with Crippen molar-refractivity contribution in [1.29, 1.82) is 0 Å². The highest BCUT2D eigenvalue weighted by atomic mass is 14.7. The Kier molecular flexibility index (Phi) is 3.97. The summed E-state index contributed by atoms with van der Waals surface area (Å²) in [4.78, 5) is 4.74. The summed E-state index contributed by atoms with van der Waals surface area (Å²) >= 11 is 0. The summed E-state index contributed by atoms with van der Waals surface area (Å²) in [5.74, 6) is 0.640. The zero-order chi connectivity index (χ0) is 13.1. The highest BCUT2D eigenvalue weighted by Gasteiger charge is 2.10. The van der Waals surface area contributed by atoms with Crippen LogP contribution in [0.1, 0.15) is 31.5 Å². The van der Waals surface area contributed by atoms with Crippen LogP contribution in [0.2, 0.25) is 0 Å². The van der Waals surface area contributed by atoms with E-state index in [1.807, 2.05) is 12.1 Å². The molecule has 0 spiro atoms. The van der Waals surface area contributed by atoms with Gasteiger partial charge in [0.15, 0.2) is 0 Å². The predicted octanol–water partition coefficient (Wildman–Crippen LogP) is 3.46. The lowest BCUT2D eigenvalue weighted by Crippen LogP contribution is -2.25. The standard InChI is InChI=1S/C16H22N2/c1-11(2)8-14(17)10-16-12(3)9-13-6-4-5-7-15(13)18-16/h4-7,9,11,14H,8,10,17H2,1-3H3. The lowest BCUT2D eigenvalue weighted by Gasteiger charge is -2.15. The first-order valence-electron chi connectivity index (χ1n) is 6.67. The van der Waals surface area contributed by atoms with Crippen LogP contribution in [0.4, 0.5) is 0 Å². The minimum Gasteiger partial charge on any atom is -0.327 e. The fourth-order valence-corrected chi connectivity index (χ4v) is 2.41. The van der Waals surface area contributed by atoms with Gasteiger partial charge in [-0.15, -0.1) is 0 Å². The van der Waals surface area contributed by atoms with Gasteiger partial charge in [0, 0.05) is 23.5 Å². The Morgan fingerprint density at radius 1 is 1.22 bits per heavy atom. The Morgan fingerprint density at radius 2 is 1.94 bits per heavy atom. The SMILES string of the molecule is Cc1cc2ccccc2nc1CC(N)CC(C)C. The minimum absolute atomic E-state index is 0.206. The average molecular weight is 242 g/mol. The van der Waals surface area contributed by atoms with Gasteiger partial charge in [0.2, 0.25) is 0 Å². The maximum Gasteiger partial charge on any atom is 0.0705 e. The Bertz CT molecular complexity index is 532. The second kappa shape index (κ2) is 5.49. The molecule has 0 aliphatic carbocycles. The van der Waals surface area contributed by atoms with Gasteiger partial charge in [0.1, 0.15) is 0 Å². The van der Waals surface area contributed by atoms with Crippen molar-refractivity contribution in [2.45, 2.75) is 39.7 Å². The van der Waals surface area contributed by atoms with E-state index < -0.39 is 0 Å². The molecule has 0 aliphatic heterocycles. The molecule has 0 saturated carbocycles. The maximum absolute atomic E-state index is 6.18. The Labute approximate surface area is 109 Å². The largest absolute Gasteiger partial charge is 0.327 e. The molecule has 2 nitrogen and oxygen atoms in total. The lowest BCUT2D eigenvalue weighted by molar-refractivity contribution is 0.490. The number of para-hydroxylation sites is 1. The van der Waals surface area contributed by atoms with Crippen molar-refractivity contribution < 1.29 is 0 Å². The zero-order valence-electron chi connectivity index (χ0n) is 11.5. The van der Waals surface area contributed by atoms with Crippen molar-refractivity contribution in [3.8, 4) is 0 Å². The molecule has 2 heteroatoms. The summed E-state index contributed by atoms with van der Waals surface area (Å²) in [6.45, 7) is 6.54. The summed E-state index contributed by atoms with van der Waals surface area (Å²) < 4.78 is 0. The van der Waals surface area contributed by atoms with Crippen LogP contribution in [-0.4, -0.2) is 11.0 Å². The van der Waals surface area contributed by atoms with E-state index in [9.17, 15) is 0 Å². The van der Waals surface area contributed by atoms with Gasteiger partial charge in [0.05, 0.1) is 5.52 Å². The number of hydrogen-bond donors (Lipinski definition) is 1. The quantitative estimate of drug-likeness (QED) is 0.891.